The van der Waals surface area contributed by atoms with Crippen LogP contribution in [-0.2, 0) is 4.74 Å². The zero-order valence-corrected chi connectivity index (χ0v) is 9.46. The van der Waals surface area contributed by atoms with E-state index in [1.54, 1.807) is 0 Å². The van der Waals surface area contributed by atoms with Crippen molar-refractivity contribution < 1.29 is 4.74 Å². The van der Waals surface area contributed by atoms with Gasteiger partial charge in [0, 0.05) is 12.6 Å². The number of hydrogen-bond donors (Lipinski definition) is 1. The lowest BCUT2D eigenvalue weighted by Gasteiger charge is -2.36. The summed E-state index contributed by atoms with van der Waals surface area (Å²) in [6, 6.07) is 0.493. The second kappa shape index (κ2) is 6.20. The van der Waals surface area contributed by atoms with Crippen molar-refractivity contribution in [3.63, 3.8) is 0 Å². The van der Waals surface area contributed by atoms with Crippen LogP contribution in [0.1, 0.15) is 33.1 Å². The molecule has 0 aromatic carbocycles. The Balaban J connectivity index is 2.11. The summed E-state index contributed by atoms with van der Waals surface area (Å²) in [5.41, 5.74) is 0. The Labute approximate surface area is 87.7 Å². The molecule has 0 aromatic rings. The van der Waals surface area contributed by atoms with E-state index in [-0.39, 0.29) is 0 Å². The topological polar surface area (TPSA) is 21.3 Å². The number of hydrogen-bond acceptors (Lipinski definition) is 2. The molecule has 2 nitrogen and oxygen atoms in total. The normalized spacial score (nSPS) is 28.1. The number of rotatable bonds is 7. The van der Waals surface area contributed by atoms with E-state index >= 15 is 0 Å². The molecule has 1 unspecified atom stereocenters. The van der Waals surface area contributed by atoms with Crippen molar-refractivity contribution in [2.45, 2.75) is 45.3 Å². The van der Waals surface area contributed by atoms with Crippen LogP contribution in [0.4, 0.5) is 0 Å². The lowest BCUT2D eigenvalue weighted by molar-refractivity contribution is -0.0278. The molecule has 1 saturated carbocycles. The van der Waals surface area contributed by atoms with Gasteiger partial charge in [0.2, 0.25) is 0 Å². The molecule has 0 radical (unpaired) electrons. The van der Waals surface area contributed by atoms with Crippen LogP contribution in [0.5, 0.6) is 0 Å². The van der Waals surface area contributed by atoms with Gasteiger partial charge in [-0.25, -0.2) is 0 Å². The van der Waals surface area contributed by atoms with E-state index < -0.39 is 0 Å². The first-order valence-corrected chi connectivity index (χ1v) is 5.77. The minimum Gasteiger partial charge on any atom is -0.378 e. The SMILES string of the molecule is C=CC(CC1CC(OCC)C1)NCC. The van der Waals surface area contributed by atoms with Gasteiger partial charge in [0.25, 0.3) is 0 Å². The molecule has 1 rings (SSSR count). The minimum atomic E-state index is 0.493. The fourth-order valence-corrected chi connectivity index (χ4v) is 2.12. The predicted molar refractivity (Wildman–Crippen MR) is 60.4 cm³/mol. The predicted octanol–water partition coefficient (Wildman–Crippen LogP) is 2.36. The monoisotopic (exact) mass is 197 g/mol. The molecular weight excluding hydrogens is 174 g/mol. The molecule has 0 bridgehead atoms. The first-order chi connectivity index (χ1) is 6.80. The third-order valence-corrected chi connectivity index (χ3v) is 2.93. The average Bonchev–Trinajstić information content (AvgIpc) is 2.13. The van der Waals surface area contributed by atoms with Crippen LogP contribution in [0.25, 0.3) is 0 Å². The molecule has 1 aliphatic rings. The summed E-state index contributed by atoms with van der Waals surface area (Å²) in [6.07, 6.45) is 6.27. The van der Waals surface area contributed by atoms with E-state index in [1.165, 1.54) is 19.3 Å². The summed E-state index contributed by atoms with van der Waals surface area (Å²) in [4.78, 5) is 0. The maximum Gasteiger partial charge on any atom is 0.0580 e. The van der Waals surface area contributed by atoms with Gasteiger partial charge in [0.1, 0.15) is 0 Å². The third kappa shape index (κ3) is 3.43. The van der Waals surface area contributed by atoms with Gasteiger partial charge in [0.15, 0.2) is 0 Å². The second-order valence-corrected chi connectivity index (χ2v) is 4.05. The van der Waals surface area contributed by atoms with E-state index in [9.17, 15) is 0 Å². The van der Waals surface area contributed by atoms with E-state index in [1.807, 2.05) is 6.08 Å². The number of likely N-dealkylation sites (N-methyl/N-ethyl adjacent to an activating group) is 1. The van der Waals surface area contributed by atoms with Crippen molar-refractivity contribution in [3.8, 4) is 0 Å². The quantitative estimate of drug-likeness (QED) is 0.633. The molecule has 82 valence electrons. The van der Waals surface area contributed by atoms with Crippen LogP contribution in [0.3, 0.4) is 0 Å². The molecular formula is C12H23NO. The average molecular weight is 197 g/mol. The van der Waals surface area contributed by atoms with Gasteiger partial charge in [-0.05, 0) is 38.6 Å². The molecule has 1 aliphatic carbocycles. The minimum absolute atomic E-state index is 0.493. The van der Waals surface area contributed by atoms with E-state index in [2.05, 4.69) is 25.7 Å². The van der Waals surface area contributed by atoms with Crippen molar-refractivity contribution in [1.82, 2.24) is 5.32 Å². The zero-order chi connectivity index (χ0) is 10.4. The number of nitrogens with one attached hydrogen (secondary N) is 1. The molecule has 0 saturated heterocycles. The largest absolute Gasteiger partial charge is 0.378 e. The second-order valence-electron chi connectivity index (χ2n) is 4.05. The molecule has 2 heteroatoms. The first kappa shape index (κ1) is 11.7. The molecule has 14 heavy (non-hydrogen) atoms. The Morgan fingerprint density at radius 3 is 2.71 bits per heavy atom. The van der Waals surface area contributed by atoms with Crippen LogP contribution in [-0.4, -0.2) is 25.3 Å². The Kier molecular flexibility index (Phi) is 5.20. The van der Waals surface area contributed by atoms with Gasteiger partial charge in [-0.3, -0.25) is 0 Å². The van der Waals surface area contributed by atoms with E-state index in [0.717, 1.165) is 19.1 Å². The van der Waals surface area contributed by atoms with Gasteiger partial charge in [0.05, 0.1) is 6.10 Å². The fourth-order valence-electron chi connectivity index (χ4n) is 2.12. The molecule has 0 aromatic heterocycles. The smallest absolute Gasteiger partial charge is 0.0580 e. The molecule has 1 fully saturated rings. The lowest BCUT2D eigenvalue weighted by atomic mass is 9.78. The summed E-state index contributed by atoms with van der Waals surface area (Å²) < 4.78 is 5.54. The van der Waals surface area contributed by atoms with Crippen molar-refractivity contribution in [1.29, 1.82) is 0 Å². The molecule has 1 N–H and O–H groups in total. The maximum absolute atomic E-state index is 5.54. The highest BCUT2D eigenvalue weighted by atomic mass is 16.5. The Hall–Kier alpha value is -0.340. The summed E-state index contributed by atoms with van der Waals surface area (Å²) in [5.74, 6) is 0.841. The molecule has 0 spiro atoms. The van der Waals surface area contributed by atoms with Crippen molar-refractivity contribution in [3.05, 3.63) is 12.7 Å². The van der Waals surface area contributed by atoms with Gasteiger partial charge in [-0.2, -0.15) is 0 Å². The molecule has 0 heterocycles. The van der Waals surface area contributed by atoms with E-state index in [4.69, 9.17) is 4.74 Å². The van der Waals surface area contributed by atoms with E-state index in [0.29, 0.717) is 12.1 Å². The van der Waals surface area contributed by atoms with Gasteiger partial charge < -0.3 is 10.1 Å². The van der Waals surface area contributed by atoms with Crippen LogP contribution < -0.4 is 5.32 Å². The summed E-state index contributed by atoms with van der Waals surface area (Å²) in [5, 5.41) is 3.42. The Morgan fingerprint density at radius 1 is 1.50 bits per heavy atom. The Morgan fingerprint density at radius 2 is 2.21 bits per heavy atom. The zero-order valence-electron chi connectivity index (χ0n) is 9.46. The summed E-state index contributed by atoms with van der Waals surface area (Å²) >= 11 is 0. The number of ether oxygens (including phenoxy) is 1. The van der Waals surface area contributed by atoms with Crippen molar-refractivity contribution in [2.24, 2.45) is 5.92 Å². The van der Waals surface area contributed by atoms with Gasteiger partial charge in [-0.15, -0.1) is 6.58 Å². The standard InChI is InChI=1S/C12H23NO/c1-4-11(13-5-2)7-10-8-12(9-10)14-6-3/h4,10-13H,1,5-9H2,2-3H3. The maximum atomic E-state index is 5.54. The molecule has 0 amide bonds. The van der Waals surface area contributed by atoms with Gasteiger partial charge in [-0.1, -0.05) is 13.0 Å². The highest BCUT2D eigenvalue weighted by Crippen LogP contribution is 2.33. The fraction of sp³-hybridized carbons (Fsp3) is 0.833. The van der Waals surface area contributed by atoms with Crippen LogP contribution in [0.15, 0.2) is 12.7 Å². The van der Waals surface area contributed by atoms with Gasteiger partial charge >= 0.3 is 0 Å². The van der Waals surface area contributed by atoms with Crippen molar-refractivity contribution in [2.75, 3.05) is 13.2 Å². The summed E-state index contributed by atoms with van der Waals surface area (Å²) in [7, 11) is 0. The third-order valence-electron chi connectivity index (χ3n) is 2.93. The van der Waals surface area contributed by atoms with Crippen LogP contribution >= 0.6 is 0 Å². The van der Waals surface area contributed by atoms with Crippen LogP contribution in [0.2, 0.25) is 0 Å². The highest BCUT2D eigenvalue weighted by Gasteiger charge is 2.30. The van der Waals surface area contributed by atoms with Crippen LogP contribution in [0, 0.1) is 5.92 Å². The molecule has 0 aliphatic heterocycles. The molecule has 1 atom stereocenters. The lowest BCUT2D eigenvalue weighted by Crippen LogP contribution is -2.37. The first-order valence-electron chi connectivity index (χ1n) is 5.77. The van der Waals surface area contributed by atoms with Crippen molar-refractivity contribution >= 4 is 0 Å². The summed E-state index contributed by atoms with van der Waals surface area (Å²) in [6.45, 7) is 9.94. The highest BCUT2D eigenvalue weighted by molar-refractivity contribution is 4.91. The Bertz CT molecular complexity index is 164.